The third-order valence-electron chi connectivity index (χ3n) is 10.3. The first kappa shape index (κ1) is 21.3. The highest BCUT2D eigenvalue weighted by Crippen LogP contribution is 2.61. The van der Waals surface area contributed by atoms with Crippen LogP contribution in [0.4, 0.5) is 0 Å². The lowest BCUT2D eigenvalue weighted by Gasteiger charge is -2.38. The standard InChI is InChI=1S/C28H42B/c1-13-11-23-19(7)15(3)17(5)21(9)25(23)27(13)29-28-14(2)12-24-20(8)16(4)18(6)22(10)26(24)28/h13-14,23-28H,11-12H2,1-10H3. The van der Waals surface area contributed by atoms with E-state index in [1.807, 2.05) is 0 Å². The zero-order chi connectivity index (χ0) is 21.4. The minimum atomic E-state index is 0.740. The highest BCUT2D eigenvalue weighted by Gasteiger charge is 2.50. The third kappa shape index (κ3) is 3.01. The second-order valence-electron chi connectivity index (χ2n) is 11.3. The highest BCUT2D eigenvalue weighted by molar-refractivity contribution is 6.40. The quantitative estimate of drug-likeness (QED) is 0.418. The van der Waals surface area contributed by atoms with Gasteiger partial charge in [0.2, 0.25) is 0 Å². The van der Waals surface area contributed by atoms with Crippen molar-refractivity contribution in [3.8, 4) is 0 Å². The largest absolute Gasteiger partial charge is 0.120 e. The zero-order valence-corrected chi connectivity index (χ0v) is 20.6. The van der Waals surface area contributed by atoms with E-state index in [4.69, 9.17) is 0 Å². The molecular formula is C28H42B. The van der Waals surface area contributed by atoms with Gasteiger partial charge >= 0.3 is 0 Å². The predicted octanol–water partition coefficient (Wildman–Crippen LogP) is 8.18. The van der Waals surface area contributed by atoms with Gasteiger partial charge in [-0.05, 0) is 126 Å². The molecule has 8 atom stereocenters. The van der Waals surface area contributed by atoms with E-state index in [-0.39, 0.29) is 0 Å². The normalized spacial score (nSPS) is 42.7. The smallest absolute Gasteiger partial charge is 0.0669 e. The van der Waals surface area contributed by atoms with Crippen molar-refractivity contribution in [2.45, 2.75) is 93.7 Å². The molecule has 29 heavy (non-hydrogen) atoms. The lowest BCUT2D eigenvalue weighted by molar-refractivity contribution is 0.463. The first-order valence-corrected chi connectivity index (χ1v) is 12.1. The summed E-state index contributed by atoms with van der Waals surface area (Å²) in [5, 5.41) is 0. The van der Waals surface area contributed by atoms with Crippen molar-refractivity contribution in [3.05, 3.63) is 44.6 Å². The van der Waals surface area contributed by atoms with Crippen molar-refractivity contribution in [2.24, 2.45) is 35.5 Å². The lowest BCUT2D eigenvalue weighted by atomic mass is 9.44. The first-order valence-electron chi connectivity index (χ1n) is 12.1. The summed E-state index contributed by atoms with van der Waals surface area (Å²) in [5.41, 5.74) is 13.0. The van der Waals surface area contributed by atoms with Crippen molar-refractivity contribution in [2.75, 3.05) is 0 Å². The van der Waals surface area contributed by atoms with E-state index in [1.165, 1.54) is 12.8 Å². The van der Waals surface area contributed by atoms with Crippen LogP contribution in [0, 0.1) is 35.5 Å². The van der Waals surface area contributed by atoms with Gasteiger partial charge in [0.1, 0.15) is 7.28 Å². The van der Waals surface area contributed by atoms with E-state index in [0.29, 0.717) is 0 Å². The molecule has 0 aliphatic heterocycles. The fourth-order valence-corrected chi connectivity index (χ4v) is 7.84. The first-order chi connectivity index (χ1) is 13.6. The average Bonchev–Trinajstić information content (AvgIpc) is 3.19. The summed E-state index contributed by atoms with van der Waals surface area (Å²) < 4.78 is 0. The Hall–Kier alpha value is -0.975. The van der Waals surface area contributed by atoms with Crippen molar-refractivity contribution < 1.29 is 0 Å². The summed E-state index contributed by atoms with van der Waals surface area (Å²) in [6, 6.07) is 0. The molecule has 8 unspecified atom stereocenters. The summed E-state index contributed by atoms with van der Waals surface area (Å²) in [4.78, 5) is 0. The maximum absolute atomic E-state index is 2.89. The number of hydrogen-bond acceptors (Lipinski definition) is 0. The van der Waals surface area contributed by atoms with Gasteiger partial charge in [-0.3, -0.25) is 0 Å². The summed E-state index contributed by atoms with van der Waals surface area (Å²) in [6.45, 7) is 24.2. The minimum Gasteiger partial charge on any atom is -0.0669 e. The fraction of sp³-hybridized carbons (Fsp3) is 0.714. The molecule has 0 amide bonds. The molecule has 1 heteroatoms. The van der Waals surface area contributed by atoms with Crippen LogP contribution < -0.4 is 0 Å². The van der Waals surface area contributed by atoms with Crippen molar-refractivity contribution in [1.82, 2.24) is 0 Å². The molecule has 0 aromatic heterocycles. The average molecular weight is 389 g/mol. The van der Waals surface area contributed by atoms with Crippen LogP contribution in [0.1, 0.15) is 82.1 Å². The summed E-state index contributed by atoms with van der Waals surface area (Å²) in [5.74, 6) is 6.11. The lowest BCUT2D eigenvalue weighted by Crippen LogP contribution is -2.30. The van der Waals surface area contributed by atoms with Crippen LogP contribution in [-0.4, -0.2) is 7.28 Å². The molecule has 4 aliphatic rings. The van der Waals surface area contributed by atoms with Gasteiger partial charge in [0.25, 0.3) is 0 Å². The van der Waals surface area contributed by atoms with E-state index in [2.05, 4.69) is 76.5 Å². The van der Waals surface area contributed by atoms with Gasteiger partial charge < -0.3 is 0 Å². The number of fused-ring (bicyclic) bond motifs is 2. The molecule has 0 aromatic rings. The van der Waals surface area contributed by atoms with Gasteiger partial charge in [0.15, 0.2) is 0 Å². The topological polar surface area (TPSA) is 0 Å². The van der Waals surface area contributed by atoms with E-state index in [0.717, 1.165) is 47.1 Å². The Balaban J connectivity index is 1.66. The van der Waals surface area contributed by atoms with E-state index in [1.54, 1.807) is 44.6 Å². The molecule has 0 nitrogen and oxygen atoms in total. The second-order valence-corrected chi connectivity index (χ2v) is 11.3. The predicted molar refractivity (Wildman–Crippen MR) is 128 cm³/mol. The van der Waals surface area contributed by atoms with Gasteiger partial charge in [-0.15, -0.1) is 0 Å². The Kier molecular flexibility index (Phi) is 5.36. The molecule has 0 N–H and O–H groups in total. The summed E-state index contributed by atoms with van der Waals surface area (Å²) >= 11 is 0. The Bertz CT molecular complexity index is 778. The van der Waals surface area contributed by atoms with Crippen molar-refractivity contribution >= 4 is 7.28 Å². The van der Waals surface area contributed by atoms with Crippen LogP contribution in [0.3, 0.4) is 0 Å². The monoisotopic (exact) mass is 389 g/mol. The van der Waals surface area contributed by atoms with Gasteiger partial charge in [0, 0.05) is 0 Å². The maximum Gasteiger partial charge on any atom is 0.120 e. The highest BCUT2D eigenvalue weighted by atomic mass is 14.5. The van der Waals surface area contributed by atoms with Gasteiger partial charge in [-0.1, -0.05) is 47.8 Å². The SMILES string of the molecule is CC1=C(C)C2CC(C)C([B]C3C(C)CC4C(C)=C(C)C(C)=C(C)C43)C2C(C)=C1C. The van der Waals surface area contributed by atoms with E-state index in [9.17, 15) is 0 Å². The Labute approximate surface area is 181 Å². The van der Waals surface area contributed by atoms with Crippen LogP contribution in [-0.2, 0) is 0 Å². The molecule has 0 bridgehead atoms. The zero-order valence-electron chi connectivity index (χ0n) is 20.6. The van der Waals surface area contributed by atoms with Crippen LogP contribution in [0.15, 0.2) is 44.6 Å². The Morgan fingerprint density at radius 1 is 0.517 bits per heavy atom. The molecule has 157 valence electrons. The van der Waals surface area contributed by atoms with Crippen molar-refractivity contribution in [1.29, 1.82) is 0 Å². The van der Waals surface area contributed by atoms with Crippen LogP contribution in [0.5, 0.6) is 0 Å². The summed E-state index contributed by atoms with van der Waals surface area (Å²) in [6.07, 6.45) is 2.75. The molecule has 0 saturated heterocycles. The van der Waals surface area contributed by atoms with Gasteiger partial charge in [-0.25, -0.2) is 0 Å². The molecule has 4 aliphatic carbocycles. The molecule has 4 rings (SSSR count). The Morgan fingerprint density at radius 2 is 0.828 bits per heavy atom. The third-order valence-corrected chi connectivity index (χ3v) is 10.3. The molecule has 0 spiro atoms. The Morgan fingerprint density at radius 3 is 1.17 bits per heavy atom. The molecular weight excluding hydrogens is 347 g/mol. The number of rotatable bonds is 2. The van der Waals surface area contributed by atoms with E-state index >= 15 is 0 Å². The minimum absolute atomic E-state index is 0.740. The second kappa shape index (κ2) is 7.31. The van der Waals surface area contributed by atoms with Crippen molar-refractivity contribution in [3.63, 3.8) is 0 Å². The summed E-state index contributed by atoms with van der Waals surface area (Å²) in [7, 11) is 2.89. The van der Waals surface area contributed by atoms with Crippen LogP contribution in [0.2, 0.25) is 11.6 Å². The molecule has 2 fully saturated rings. The number of hydrogen-bond donors (Lipinski definition) is 0. The maximum atomic E-state index is 2.89. The molecule has 1 radical (unpaired) electrons. The fourth-order valence-electron chi connectivity index (χ4n) is 7.84. The van der Waals surface area contributed by atoms with E-state index < -0.39 is 0 Å². The molecule has 2 saturated carbocycles. The van der Waals surface area contributed by atoms with Crippen LogP contribution >= 0.6 is 0 Å². The van der Waals surface area contributed by atoms with Crippen LogP contribution in [0.25, 0.3) is 0 Å². The molecule has 0 heterocycles. The molecule has 0 aromatic carbocycles. The van der Waals surface area contributed by atoms with Gasteiger partial charge in [-0.2, -0.15) is 0 Å². The number of allylic oxidation sites excluding steroid dienone is 8. The van der Waals surface area contributed by atoms with Gasteiger partial charge in [0.05, 0.1) is 0 Å².